The fourth-order valence-electron chi connectivity index (χ4n) is 2.71. The van der Waals surface area contributed by atoms with Crippen molar-refractivity contribution in [2.24, 2.45) is 0 Å². The Morgan fingerprint density at radius 1 is 0.846 bits per heavy atom. The summed E-state index contributed by atoms with van der Waals surface area (Å²) in [6.45, 7) is 3.83. The highest BCUT2D eigenvalue weighted by molar-refractivity contribution is 5.68. The summed E-state index contributed by atoms with van der Waals surface area (Å²) in [4.78, 5) is 1.49. The van der Waals surface area contributed by atoms with Gasteiger partial charge in [0.05, 0.1) is 0 Å². The van der Waals surface area contributed by atoms with Crippen molar-refractivity contribution >= 4 is 0 Å². The van der Waals surface area contributed by atoms with Crippen molar-refractivity contribution in [3.8, 4) is 11.1 Å². The average molecular weight is 371 g/mol. The zero-order valence-electron chi connectivity index (χ0n) is 15.0. The molecule has 0 aliphatic rings. The lowest BCUT2D eigenvalue weighted by atomic mass is 9.96. The van der Waals surface area contributed by atoms with E-state index in [0.717, 1.165) is 27.8 Å². The highest BCUT2D eigenvalue weighted by atomic mass is 19.4. The minimum absolute atomic E-state index is 0.291. The van der Waals surface area contributed by atoms with Gasteiger partial charge in [-0.15, -0.1) is 0 Å². The molecule has 0 unspecified atom stereocenters. The van der Waals surface area contributed by atoms with E-state index in [9.17, 15) is 22.0 Å². The van der Waals surface area contributed by atoms with E-state index in [1.165, 1.54) is 4.90 Å². The summed E-state index contributed by atoms with van der Waals surface area (Å²) in [6, 6.07) is 13.7. The van der Waals surface area contributed by atoms with Crippen LogP contribution in [0.4, 0.5) is 22.0 Å². The summed E-state index contributed by atoms with van der Waals surface area (Å²) in [6.07, 6.45) is -6.76. The average Bonchev–Trinajstić information content (AvgIpc) is 2.53. The SMILES string of the molecule is Cc1ccc(-c2ccc(C)cc2CN(C)CCC(F)(F)C(F)(F)F)cc1. The Bertz CT molecular complexity index is 735. The van der Waals surface area contributed by atoms with Gasteiger partial charge in [-0.2, -0.15) is 22.0 Å². The van der Waals surface area contributed by atoms with Gasteiger partial charge in [0.1, 0.15) is 0 Å². The second-order valence-electron chi connectivity index (χ2n) is 6.72. The van der Waals surface area contributed by atoms with E-state index in [0.29, 0.717) is 6.54 Å². The van der Waals surface area contributed by atoms with Crippen LogP contribution in [0.15, 0.2) is 42.5 Å². The molecule has 0 saturated carbocycles. The number of nitrogens with zero attached hydrogens (tertiary/aromatic N) is 1. The van der Waals surface area contributed by atoms with Gasteiger partial charge in [0.25, 0.3) is 0 Å². The molecule has 0 aromatic heterocycles. The smallest absolute Gasteiger partial charge is 0.302 e. The monoisotopic (exact) mass is 371 g/mol. The first-order chi connectivity index (χ1) is 12.0. The van der Waals surface area contributed by atoms with Crippen LogP contribution in [0.5, 0.6) is 0 Å². The zero-order valence-corrected chi connectivity index (χ0v) is 15.0. The Balaban J connectivity index is 2.16. The van der Waals surface area contributed by atoms with Gasteiger partial charge in [-0.3, -0.25) is 0 Å². The Hall–Kier alpha value is -1.95. The molecular formula is C20H22F5N. The van der Waals surface area contributed by atoms with Gasteiger partial charge in [-0.1, -0.05) is 53.6 Å². The maximum atomic E-state index is 13.1. The van der Waals surface area contributed by atoms with Crippen LogP contribution in [0, 0.1) is 13.8 Å². The molecule has 0 radical (unpaired) electrons. The molecule has 26 heavy (non-hydrogen) atoms. The first-order valence-electron chi connectivity index (χ1n) is 8.29. The van der Waals surface area contributed by atoms with Gasteiger partial charge in [0, 0.05) is 19.5 Å². The van der Waals surface area contributed by atoms with E-state index >= 15 is 0 Å². The van der Waals surface area contributed by atoms with E-state index in [4.69, 9.17) is 0 Å². The number of hydrogen-bond acceptors (Lipinski definition) is 1. The van der Waals surface area contributed by atoms with Crippen LogP contribution >= 0.6 is 0 Å². The molecule has 2 aromatic carbocycles. The lowest BCUT2D eigenvalue weighted by Gasteiger charge is -2.24. The van der Waals surface area contributed by atoms with Crippen molar-refractivity contribution in [2.75, 3.05) is 13.6 Å². The summed E-state index contributed by atoms with van der Waals surface area (Å²) in [5.74, 6) is -4.67. The molecule has 0 aliphatic carbocycles. The predicted octanol–water partition coefficient (Wildman–Crippen LogP) is 5.99. The van der Waals surface area contributed by atoms with Crippen molar-refractivity contribution in [3.05, 3.63) is 59.2 Å². The molecule has 2 aromatic rings. The van der Waals surface area contributed by atoms with Crippen LogP contribution in [-0.2, 0) is 6.54 Å². The Kier molecular flexibility index (Phi) is 6.06. The lowest BCUT2D eigenvalue weighted by Crippen LogP contribution is -2.39. The number of hydrogen-bond donors (Lipinski definition) is 0. The van der Waals surface area contributed by atoms with Crippen molar-refractivity contribution in [3.63, 3.8) is 0 Å². The minimum Gasteiger partial charge on any atom is -0.302 e. The minimum atomic E-state index is -5.51. The topological polar surface area (TPSA) is 3.24 Å². The van der Waals surface area contributed by atoms with Crippen molar-refractivity contribution in [2.45, 2.75) is 38.9 Å². The molecule has 0 bridgehead atoms. The van der Waals surface area contributed by atoms with Gasteiger partial charge >= 0.3 is 12.1 Å². The Morgan fingerprint density at radius 3 is 2.00 bits per heavy atom. The predicted molar refractivity (Wildman–Crippen MR) is 93.3 cm³/mol. The summed E-state index contributed by atoms with van der Waals surface area (Å²) >= 11 is 0. The molecule has 0 saturated heterocycles. The van der Waals surface area contributed by atoms with Crippen molar-refractivity contribution < 1.29 is 22.0 Å². The molecule has 0 N–H and O–H groups in total. The molecular weight excluding hydrogens is 349 g/mol. The summed E-state index contributed by atoms with van der Waals surface area (Å²) in [5, 5.41) is 0. The number of halogens is 5. The zero-order chi connectivity index (χ0) is 19.5. The molecule has 142 valence electrons. The third-order valence-electron chi connectivity index (χ3n) is 4.29. The quantitative estimate of drug-likeness (QED) is 0.564. The van der Waals surface area contributed by atoms with Gasteiger partial charge < -0.3 is 4.90 Å². The highest BCUT2D eigenvalue weighted by Gasteiger charge is 2.56. The van der Waals surface area contributed by atoms with E-state index < -0.39 is 18.5 Å². The highest BCUT2D eigenvalue weighted by Crippen LogP contribution is 2.38. The number of alkyl halides is 5. The fraction of sp³-hybridized carbons (Fsp3) is 0.400. The number of aryl methyl sites for hydroxylation is 2. The third kappa shape index (κ3) is 5.04. The van der Waals surface area contributed by atoms with Gasteiger partial charge in [-0.05, 0) is 37.6 Å². The molecule has 0 fully saturated rings. The second-order valence-corrected chi connectivity index (χ2v) is 6.72. The number of benzene rings is 2. The molecule has 2 rings (SSSR count). The van der Waals surface area contributed by atoms with Crippen LogP contribution < -0.4 is 0 Å². The van der Waals surface area contributed by atoms with Crippen LogP contribution in [0.1, 0.15) is 23.1 Å². The van der Waals surface area contributed by atoms with E-state index in [-0.39, 0.29) is 6.54 Å². The first-order valence-corrected chi connectivity index (χ1v) is 8.29. The van der Waals surface area contributed by atoms with E-state index in [2.05, 4.69) is 0 Å². The van der Waals surface area contributed by atoms with Crippen molar-refractivity contribution in [1.82, 2.24) is 4.90 Å². The summed E-state index contributed by atoms with van der Waals surface area (Å²) < 4.78 is 63.2. The third-order valence-corrected chi connectivity index (χ3v) is 4.29. The first kappa shape index (κ1) is 20.4. The van der Waals surface area contributed by atoms with Crippen molar-refractivity contribution in [1.29, 1.82) is 0 Å². The van der Waals surface area contributed by atoms with E-state index in [1.54, 1.807) is 7.05 Å². The largest absolute Gasteiger partial charge is 0.453 e. The fourth-order valence-corrected chi connectivity index (χ4v) is 2.71. The second kappa shape index (κ2) is 7.74. The summed E-state index contributed by atoms with van der Waals surface area (Å²) in [5.41, 5.74) is 4.95. The van der Waals surface area contributed by atoms with Gasteiger partial charge in [0.15, 0.2) is 0 Å². The molecule has 0 heterocycles. The molecule has 0 spiro atoms. The maximum absolute atomic E-state index is 13.1. The summed E-state index contributed by atoms with van der Waals surface area (Å²) in [7, 11) is 1.55. The van der Waals surface area contributed by atoms with Crippen LogP contribution in [0.25, 0.3) is 11.1 Å². The van der Waals surface area contributed by atoms with Crippen LogP contribution in [-0.4, -0.2) is 30.6 Å². The van der Waals surface area contributed by atoms with Crippen LogP contribution in [0.2, 0.25) is 0 Å². The molecule has 0 aliphatic heterocycles. The molecule has 0 atom stereocenters. The van der Waals surface area contributed by atoms with Gasteiger partial charge in [0.2, 0.25) is 0 Å². The van der Waals surface area contributed by atoms with Crippen LogP contribution in [0.3, 0.4) is 0 Å². The molecule has 0 amide bonds. The Labute approximate surface area is 150 Å². The Morgan fingerprint density at radius 2 is 1.42 bits per heavy atom. The number of rotatable bonds is 6. The lowest BCUT2D eigenvalue weighted by molar-refractivity contribution is -0.284. The van der Waals surface area contributed by atoms with Gasteiger partial charge in [-0.25, -0.2) is 0 Å². The standard InChI is InChI=1S/C20H22F5N/c1-14-4-7-16(8-5-14)18-9-6-15(2)12-17(18)13-26(3)11-10-19(21,22)20(23,24)25/h4-9,12H,10-11,13H2,1-3H3. The maximum Gasteiger partial charge on any atom is 0.453 e. The van der Waals surface area contributed by atoms with E-state index in [1.807, 2.05) is 56.3 Å². The molecule has 1 nitrogen and oxygen atoms in total. The molecule has 6 heteroatoms. The normalized spacial score (nSPS) is 12.7.